The minimum atomic E-state index is -0.222. The van der Waals surface area contributed by atoms with E-state index in [1.165, 1.54) is 30.6 Å². The Morgan fingerprint density at radius 1 is 1.39 bits per heavy atom. The molecule has 0 radical (unpaired) electrons. The van der Waals surface area contributed by atoms with Gasteiger partial charge in [0.15, 0.2) is 0 Å². The summed E-state index contributed by atoms with van der Waals surface area (Å²) in [5.74, 6) is 0.778. The van der Waals surface area contributed by atoms with Gasteiger partial charge in [-0.3, -0.25) is 0 Å². The van der Waals surface area contributed by atoms with Gasteiger partial charge in [0.2, 0.25) is 0 Å². The van der Waals surface area contributed by atoms with Crippen molar-refractivity contribution < 1.29 is 5.11 Å². The van der Waals surface area contributed by atoms with E-state index in [0.29, 0.717) is 12.1 Å². The SMILES string of the molecule is CC(O)CC(C)NC(c1cccs1)C1CCCC1. The van der Waals surface area contributed by atoms with Crippen molar-refractivity contribution in [3.05, 3.63) is 22.4 Å². The molecule has 0 amide bonds. The zero-order valence-electron chi connectivity index (χ0n) is 11.4. The zero-order valence-corrected chi connectivity index (χ0v) is 12.2. The summed E-state index contributed by atoms with van der Waals surface area (Å²) >= 11 is 1.85. The van der Waals surface area contributed by atoms with Gasteiger partial charge in [0, 0.05) is 17.0 Å². The van der Waals surface area contributed by atoms with Crippen LogP contribution in [0.2, 0.25) is 0 Å². The number of rotatable bonds is 6. The Bertz CT molecular complexity index is 330. The van der Waals surface area contributed by atoms with E-state index in [1.807, 2.05) is 18.3 Å². The Kier molecular flexibility index (Phi) is 5.22. The van der Waals surface area contributed by atoms with E-state index >= 15 is 0 Å². The van der Waals surface area contributed by atoms with Crippen LogP contribution in [0.1, 0.15) is 56.9 Å². The average molecular weight is 267 g/mol. The van der Waals surface area contributed by atoms with Crippen LogP contribution in [0.5, 0.6) is 0 Å². The molecule has 1 aliphatic carbocycles. The van der Waals surface area contributed by atoms with Crippen LogP contribution < -0.4 is 5.32 Å². The minimum absolute atomic E-state index is 0.222. The Labute approximate surface area is 114 Å². The molecule has 1 heterocycles. The van der Waals surface area contributed by atoms with Crippen molar-refractivity contribution in [1.82, 2.24) is 5.32 Å². The topological polar surface area (TPSA) is 32.3 Å². The summed E-state index contributed by atoms with van der Waals surface area (Å²) < 4.78 is 0. The monoisotopic (exact) mass is 267 g/mol. The van der Waals surface area contributed by atoms with Gasteiger partial charge in [0.25, 0.3) is 0 Å². The number of hydrogen-bond acceptors (Lipinski definition) is 3. The van der Waals surface area contributed by atoms with Gasteiger partial charge in [-0.1, -0.05) is 18.9 Å². The van der Waals surface area contributed by atoms with Crippen LogP contribution in [0, 0.1) is 5.92 Å². The normalized spacial score (nSPS) is 21.9. The van der Waals surface area contributed by atoms with Crippen molar-refractivity contribution in [3.63, 3.8) is 0 Å². The Hall–Kier alpha value is -0.380. The Morgan fingerprint density at radius 2 is 2.11 bits per heavy atom. The Morgan fingerprint density at radius 3 is 2.67 bits per heavy atom. The molecule has 18 heavy (non-hydrogen) atoms. The summed E-state index contributed by atoms with van der Waals surface area (Å²) in [6, 6.07) is 5.25. The van der Waals surface area contributed by atoms with Gasteiger partial charge in [0.1, 0.15) is 0 Å². The molecule has 1 aliphatic rings. The molecule has 0 bridgehead atoms. The van der Waals surface area contributed by atoms with Gasteiger partial charge < -0.3 is 10.4 Å². The summed E-state index contributed by atoms with van der Waals surface area (Å²) in [5, 5.41) is 15.4. The van der Waals surface area contributed by atoms with E-state index in [1.54, 1.807) is 0 Å². The van der Waals surface area contributed by atoms with Gasteiger partial charge in [-0.25, -0.2) is 0 Å². The van der Waals surface area contributed by atoms with Crippen molar-refractivity contribution in [2.24, 2.45) is 5.92 Å². The van der Waals surface area contributed by atoms with Gasteiger partial charge in [-0.05, 0) is 50.5 Å². The molecule has 0 saturated heterocycles. The summed E-state index contributed by atoms with van der Waals surface area (Å²) in [6.45, 7) is 4.05. The van der Waals surface area contributed by atoms with Crippen LogP contribution in [0.15, 0.2) is 17.5 Å². The molecular weight excluding hydrogens is 242 g/mol. The third kappa shape index (κ3) is 3.81. The van der Waals surface area contributed by atoms with Crippen LogP contribution in [0.4, 0.5) is 0 Å². The molecule has 3 atom stereocenters. The lowest BCUT2D eigenvalue weighted by molar-refractivity contribution is 0.164. The highest BCUT2D eigenvalue weighted by Crippen LogP contribution is 2.37. The lowest BCUT2D eigenvalue weighted by Crippen LogP contribution is -2.35. The fraction of sp³-hybridized carbons (Fsp3) is 0.733. The largest absolute Gasteiger partial charge is 0.393 e. The molecule has 2 rings (SSSR count). The highest BCUT2D eigenvalue weighted by molar-refractivity contribution is 7.10. The second kappa shape index (κ2) is 6.69. The third-order valence-corrected chi connectivity index (χ3v) is 4.84. The van der Waals surface area contributed by atoms with Crippen molar-refractivity contribution in [2.75, 3.05) is 0 Å². The highest BCUT2D eigenvalue weighted by atomic mass is 32.1. The predicted octanol–water partition coefficient (Wildman–Crippen LogP) is 3.73. The predicted molar refractivity (Wildman–Crippen MR) is 77.9 cm³/mol. The summed E-state index contributed by atoms with van der Waals surface area (Å²) in [5.41, 5.74) is 0. The lowest BCUT2D eigenvalue weighted by Gasteiger charge is -2.28. The third-order valence-electron chi connectivity index (χ3n) is 3.88. The fourth-order valence-electron chi connectivity index (χ4n) is 3.10. The van der Waals surface area contributed by atoms with Gasteiger partial charge >= 0.3 is 0 Å². The standard InChI is InChI=1S/C15H25NOS/c1-11(10-12(2)17)16-15(13-6-3-4-7-13)14-8-5-9-18-14/h5,8-9,11-13,15-17H,3-4,6-7,10H2,1-2H3. The summed E-state index contributed by atoms with van der Waals surface area (Å²) in [7, 11) is 0. The van der Waals surface area contributed by atoms with Crippen LogP contribution in [-0.4, -0.2) is 17.3 Å². The molecular formula is C15H25NOS. The van der Waals surface area contributed by atoms with Crippen LogP contribution in [0.3, 0.4) is 0 Å². The maximum Gasteiger partial charge on any atom is 0.0526 e. The van der Waals surface area contributed by atoms with E-state index in [-0.39, 0.29) is 6.10 Å². The molecule has 1 fully saturated rings. The molecule has 1 saturated carbocycles. The first-order chi connectivity index (χ1) is 8.66. The van der Waals surface area contributed by atoms with Gasteiger partial charge in [-0.15, -0.1) is 11.3 Å². The minimum Gasteiger partial charge on any atom is -0.393 e. The zero-order chi connectivity index (χ0) is 13.0. The van der Waals surface area contributed by atoms with E-state index < -0.39 is 0 Å². The molecule has 3 heteroatoms. The number of nitrogens with one attached hydrogen (secondary N) is 1. The first-order valence-corrected chi connectivity index (χ1v) is 8.02. The molecule has 1 aromatic rings. The Balaban J connectivity index is 2.00. The fourth-order valence-corrected chi connectivity index (χ4v) is 3.97. The van der Waals surface area contributed by atoms with E-state index in [0.717, 1.165) is 12.3 Å². The lowest BCUT2D eigenvalue weighted by atomic mass is 9.95. The maximum absolute atomic E-state index is 9.49. The van der Waals surface area contributed by atoms with Crippen LogP contribution in [0.25, 0.3) is 0 Å². The van der Waals surface area contributed by atoms with Crippen molar-refractivity contribution in [3.8, 4) is 0 Å². The first kappa shape index (κ1) is 14.0. The van der Waals surface area contributed by atoms with Gasteiger partial charge in [0.05, 0.1) is 6.10 Å². The number of hydrogen-bond donors (Lipinski definition) is 2. The smallest absolute Gasteiger partial charge is 0.0526 e. The molecule has 1 aromatic heterocycles. The summed E-state index contributed by atoms with van der Waals surface area (Å²) in [4.78, 5) is 1.46. The molecule has 102 valence electrons. The molecule has 0 spiro atoms. The summed E-state index contributed by atoms with van der Waals surface area (Å²) in [6.07, 6.45) is 6.04. The van der Waals surface area contributed by atoms with Crippen LogP contribution >= 0.6 is 11.3 Å². The van der Waals surface area contributed by atoms with Crippen molar-refractivity contribution in [2.45, 2.75) is 64.1 Å². The second-order valence-corrected chi connectivity index (χ2v) is 6.67. The van der Waals surface area contributed by atoms with Crippen LogP contribution in [-0.2, 0) is 0 Å². The van der Waals surface area contributed by atoms with E-state index in [4.69, 9.17) is 0 Å². The number of aliphatic hydroxyl groups excluding tert-OH is 1. The second-order valence-electron chi connectivity index (χ2n) is 5.69. The molecule has 0 aromatic carbocycles. The highest BCUT2D eigenvalue weighted by Gasteiger charge is 2.28. The number of thiophene rings is 1. The molecule has 2 N–H and O–H groups in total. The quantitative estimate of drug-likeness (QED) is 0.823. The van der Waals surface area contributed by atoms with E-state index in [9.17, 15) is 5.11 Å². The number of aliphatic hydroxyl groups is 1. The molecule has 3 unspecified atom stereocenters. The molecule has 0 aliphatic heterocycles. The molecule has 2 nitrogen and oxygen atoms in total. The average Bonchev–Trinajstić information content (AvgIpc) is 2.98. The first-order valence-electron chi connectivity index (χ1n) is 7.14. The van der Waals surface area contributed by atoms with Crippen molar-refractivity contribution in [1.29, 1.82) is 0 Å². The van der Waals surface area contributed by atoms with Crippen molar-refractivity contribution >= 4 is 11.3 Å². The van der Waals surface area contributed by atoms with Gasteiger partial charge in [-0.2, -0.15) is 0 Å². The van der Waals surface area contributed by atoms with E-state index in [2.05, 4.69) is 29.8 Å². The maximum atomic E-state index is 9.49.